The predicted molar refractivity (Wildman–Crippen MR) is 115 cm³/mol. The second kappa shape index (κ2) is 8.42. The van der Waals surface area contributed by atoms with Crippen LogP contribution in [0.5, 0.6) is 5.88 Å². The first-order valence-electron chi connectivity index (χ1n) is 11.0. The molecule has 192 valence electrons. The zero-order valence-electron chi connectivity index (χ0n) is 20.3. The summed E-state index contributed by atoms with van der Waals surface area (Å²) in [6.45, 7) is 8.51. The van der Waals surface area contributed by atoms with Gasteiger partial charge in [-0.2, -0.15) is 23.5 Å². The average molecular weight is 499 g/mol. The normalized spacial score (nSPS) is 24.7. The van der Waals surface area contributed by atoms with Crippen molar-refractivity contribution in [1.29, 1.82) is 5.26 Å². The number of amides is 3. The highest BCUT2D eigenvalue weighted by atomic mass is 19.4. The first kappa shape index (κ1) is 26.3. The standard InChI is InChI=1S/C22H29F3N6O4/c1-20(2,3)15(29-19(35)22(23,24)25)18(34)31-9-11-13(21(11,4)5)14(31)16(32)28-12(7-26)10-8-27-30(6)17(10)33/h8,11-15,33H,9H2,1-6H3,(H,28,32)(H,29,35). The van der Waals surface area contributed by atoms with Gasteiger partial charge in [0.05, 0.1) is 17.8 Å². The fourth-order valence-electron chi connectivity index (χ4n) is 4.90. The fraction of sp³-hybridized carbons (Fsp3) is 0.682. The van der Waals surface area contributed by atoms with Gasteiger partial charge in [-0.1, -0.05) is 34.6 Å². The second-order valence-electron chi connectivity index (χ2n) is 10.8. The molecule has 0 spiro atoms. The van der Waals surface area contributed by atoms with E-state index in [1.165, 1.54) is 38.9 Å². The van der Waals surface area contributed by atoms with Crippen LogP contribution in [0, 0.1) is 34.0 Å². The highest BCUT2D eigenvalue weighted by Gasteiger charge is 2.70. The highest BCUT2D eigenvalue weighted by Crippen LogP contribution is 2.65. The Morgan fingerprint density at radius 1 is 1.26 bits per heavy atom. The summed E-state index contributed by atoms with van der Waals surface area (Å²) in [5, 5.41) is 27.9. The van der Waals surface area contributed by atoms with Crippen LogP contribution in [0.4, 0.5) is 13.2 Å². The van der Waals surface area contributed by atoms with Gasteiger partial charge in [0, 0.05) is 13.6 Å². The smallest absolute Gasteiger partial charge is 0.471 e. The van der Waals surface area contributed by atoms with Crippen molar-refractivity contribution >= 4 is 17.7 Å². The molecule has 0 radical (unpaired) electrons. The van der Waals surface area contributed by atoms with Crippen molar-refractivity contribution in [3.05, 3.63) is 11.8 Å². The van der Waals surface area contributed by atoms with E-state index in [-0.39, 0.29) is 35.2 Å². The molecule has 5 atom stereocenters. The molecule has 1 aliphatic heterocycles. The lowest BCUT2D eigenvalue weighted by Gasteiger charge is -2.37. The largest absolute Gasteiger partial charge is 0.493 e. The number of halogens is 3. The van der Waals surface area contributed by atoms with E-state index in [1.54, 1.807) is 5.32 Å². The number of aryl methyl sites for hydroxylation is 1. The van der Waals surface area contributed by atoms with Crippen LogP contribution >= 0.6 is 0 Å². The lowest BCUT2D eigenvalue weighted by Crippen LogP contribution is -2.60. The number of likely N-dealkylation sites (tertiary alicyclic amines) is 1. The molecular formula is C22H29F3N6O4. The zero-order chi connectivity index (χ0) is 26.7. The first-order valence-corrected chi connectivity index (χ1v) is 11.0. The summed E-state index contributed by atoms with van der Waals surface area (Å²) in [6.07, 6.45) is -3.95. The minimum Gasteiger partial charge on any atom is -0.493 e. The summed E-state index contributed by atoms with van der Waals surface area (Å²) in [4.78, 5) is 39.7. The van der Waals surface area contributed by atoms with Gasteiger partial charge in [0.15, 0.2) is 0 Å². The molecule has 2 heterocycles. The van der Waals surface area contributed by atoms with Gasteiger partial charge in [0.25, 0.3) is 0 Å². The Kier molecular flexibility index (Phi) is 6.33. The van der Waals surface area contributed by atoms with Crippen molar-refractivity contribution in [2.45, 2.75) is 58.9 Å². The van der Waals surface area contributed by atoms with Crippen LogP contribution in [0.25, 0.3) is 0 Å². The molecule has 1 saturated heterocycles. The Balaban J connectivity index is 1.89. The number of piperidine rings is 1. The predicted octanol–water partition coefficient (Wildman–Crippen LogP) is 1.38. The third-order valence-electron chi connectivity index (χ3n) is 7.07. The van der Waals surface area contributed by atoms with Crippen molar-refractivity contribution in [3.63, 3.8) is 0 Å². The summed E-state index contributed by atoms with van der Waals surface area (Å²) in [5.41, 5.74) is -1.32. The van der Waals surface area contributed by atoms with Gasteiger partial charge < -0.3 is 20.6 Å². The first-order chi connectivity index (χ1) is 15.9. The molecule has 0 aromatic carbocycles. The Labute approximate surface area is 200 Å². The van der Waals surface area contributed by atoms with Gasteiger partial charge >= 0.3 is 12.1 Å². The van der Waals surface area contributed by atoms with Crippen LogP contribution in [0.15, 0.2) is 6.20 Å². The summed E-state index contributed by atoms with van der Waals surface area (Å²) < 4.78 is 39.9. The molecule has 13 heteroatoms. The van der Waals surface area contributed by atoms with Gasteiger partial charge in [-0.15, -0.1) is 0 Å². The monoisotopic (exact) mass is 498 g/mol. The van der Waals surface area contributed by atoms with Crippen LogP contribution in [-0.4, -0.2) is 62.3 Å². The molecule has 1 saturated carbocycles. The van der Waals surface area contributed by atoms with Gasteiger partial charge in [0.1, 0.15) is 18.1 Å². The van der Waals surface area contributed by atoms with E-state index in [9.17, 15) is 37.9 Å². The zero-order valence-corrected chi connectivity index (χ0v) is 20.3. The van der Waals surface area contributed by atoms with E-state index in [1.807, 2.05) is 19.9 Å². The Morgan fingerprint density at radius 2 is 1.86 bits per heavy atom. The maximum absolute atomic E-state index is 13.5. The SMILES string of the molecule is Cn1ncc(C(C#N)NC(=O)C2C3C(CN2C(=O)C(NC(=O)C(F)(F)F)C(C)(C)C)C3(C)C)c1O. The number of nitrogens with zero attached hydrogens (tertiary/aromatic N) is 4. The number of nitriles is 1. The number of carbonyl (C=O) groups is 3. The van der Waals surface area contributed by atoms with Crippen LogP contribution in [-0.2, 0) is 21.4 Å². The van der Waals surface area contributed by atoms with E-state index in [4.69, 9.17) is 0 Å². The van der Waals surface area contributed by atoms with E-state index in [0.717, 1.165) is 4.68 Å². The lowest BCUT2D eigenvalue weighted by molar-refractivity contribution is -0.176. The minimum absolute atomic E-state index is 0.0656. The number of hydrogen-bond donors (Lipinski definition) is 3. The maximum atomic E-state index is 13.5. The Morgan fingerprint density at radius 3 is 2.31 bits per heavy atom. The van der Waals surface area contributed by atoms with Crippen molar-refractivity contribution in [2.75, 3.05) is 6.54 Å². The molecule has 35 heavy (non-hydrogen) atoms. The molecule has 3 N–H and O–H groups in total. The van der Waals surface area contributed by atoms with Gasteiger partial charge in [-0.3, -0.25) is 14.4 Å². The third kappa shape index (κ3) is 4.66. The summed E-state index contributed by atoms with van der Waals surface area (Å²) in [7, 11) is 1.45. The fourth-order valence-corrected chi connectivity index (χ4v) is 4.90. The van der Waals surface area contributed by atoms with Crippen LogP contribution in [0.3, 0.4) is 0 Å². The summed E-state index contributed by atoms with van der Waals surface area (Å²) in [6, 6.07) is -1.99. The number of fused-ring (bicyclic) bond motifs is 1. The van der Waals surface area contributed by atoms with E-state index in [0.29, 0.717) is 0 Å². The molecule has 5 unspecified atom stereocenters. The van der Waals surface area contributed by atoms with Gasteiger partial charge in [-0.25, -0.2) is 4.68 Å². The molecule has 3 amide bonds. The summed E-state index contributed by atoms with van der Waals surface area (Å²) in [5.74, 6) is -4.41. The van der Waals surface area contributed by atoms with Crippen LogP contribution in [0.2, 0.25) is 0 Å². The maximum Gasteiger partial charge on any atom is 0.471 e. The second-order valence-corrected chi connectivity index (χ2v) is 10.8. The van der Waals surface area contributed by atoms with E-state index < -0.39 is 47.4 Å². The van der Waals surface area contributed by atoms with Crippen LogP contribution in [0.1, 0.15) is 46.2 Å². The molecule has 3 rings (SSSR count). The third-order valence-corrected chi connectivity index (χ3v) is 7.07. The van der Waals surface area contributed by atoms with Crippen molar-refractivity contribution in [2.24, 2.45) is 29.7 Å². The van der Waals surface area contributed by atoms with E-state index in [2.05, 4.69) is 10.4 Å². The van der Waals surface area contributed by atoms with Gasteiger partial charge in [0.2, 0.25) is 17.7 Å². The number of nitrogens with one attached hydrogen (secondary N) is 2. The topological polar surface area (TPSA) is 140 Å². The molecular weight excluding hydrogens is 469 g/mol. The summed E-state index contributed by atoms with van der Waals surface area (Å²) >= 11 is 0. The average Bonchev–Trinajstić information content (AvgIpc) is 3.05. The number of rotatable bonds is 5. The Hall–Kier alpha value is -3.30. The quantitative estimate of drug-likeness (QED) is 0.560. The number of alkyl halides is 3. The molecule has 10 nitrogen and oxygen atoms in total. The number of hydrogen-bond acceptors (Lipinski definition) is 6. The number of aromatic hydroxyl groups is 1. The van der Waals surface area contributed by atoms with Crippen molar-refractivity contribution in [3.8, 4) is 11.9 Å². The Bertz CT molecular complexity index is 1080. The number of carbonyl (C=O) groups excluding carboxylic acids is 3. The molecule has 1 aromatic rings. The minimum atomic E-state index is -5.18. The van der Waals surface area contributed by atoms with Crippen molar-refractivity contribution < 1.29 is 32.7 Å². The van der Waals surface area contributed by atoms with Crippen molar-refractivity contribution in [1.82, 2.24) is 25.3 Å². The highest BCUT2D eigenvalue weighted by molar-refractivity contribution is 5.95. The molecule has 1 aliphatic carbocycles. The number of aromatic nitrogens is 2. The lowest BCUT2D eigenvalue weighted by atomic mass is 9.85. The molecule has 2 fully saturated rings. The molecule has 1 aromatic heterocycles. The van der Waals surface area contributed by atoms with E-state index >= 15 is 0 Å². The molecule has 0 bridgehead atoms. The van der Waals surface area contributed by atoms with Gasteiger partial charge in [-0.05, 0) is 22.7 Å². The van der Waals surface area contributed by atoms with Crippen LogP contribution < -0.4 is 10.6 Å². The molecule has 2 aliphatic rings.